The largest absolute Gasteiger partial charge is 0.416 e. The minimum absolute atomic E-state index is 0.0230. The summed E-state index contributed by atoms with van der Waals surface area (Å²) in [6.45, 7) is 2.51. The first-order valence-corrected chi connectivity index (χ1v) is 15.7. The molecule has 3 aromatic carbocycles. The molecule has 0 aliphatic heterocycles. The second kappa shape index (κ2) is 13.4. The van der Waals surface area contributed by atoms with Crippen molar-refractivity contribution in [3.63, 3.8) is 0 Å². The maximum absolute atomic E-state index is 14.0. The quantitative estimate of drug-likeness (QED) is 0.282. The molecule has 1 aliphatic rings. The van der Waals surface area contributed by atoms with Crippen molar-refractivity contribution in [3.8, 4) is 0 Å². The molecular weight excluding hydrogens is 603 g/mol. The first-order valence-electron chi connectivity index (χ1n) is 13.9. The van der Waals surface area contributed by atoms with Crippen molar-refractivity contribution in [2.24, 2.45) is 0 Å². The predicted molar refractivity (Wildman–Crippen MR) is 159 cm³/mol. The van der Waals surface area contributed by atoms with Gasteiger partial charge < -0.3 is 10.2 Å². The summed E-state index contributed by atoms with van der Waals surface area (Å²) in [6.07, 6.45) is -1.19. The van der Waals surface area contributed by atoms with Crippen LogP contribution in [-0.4, -0.2) is 43.8 Å². The summed E-state index contributed by atoms with van der Waals surface area (Å²) < 4.78 is 69.3. The van der Waals surface area contributed by atoms with Gasteiger partial charge in [0, 0.05) is 12.6 Å². The highest BCUT2D eigenvalue weighted by molar-refractivity contribution is 7.92. The molecule has 1 fully saturated rings. The number of carbonyl (C=O) groups excluding carboxylic acids is 2. The van der Waals surface area contributed by atoms with Crippen LogP contribution in [0.3, 0.4) is 0 Å². The van der Waals surface area contributed by atoms with Crippen molar-refractivity contribution in [2.75, 3.05) is 10.8 Å². The minimum Gasteiger partial charge on any atom is -0.352 e. The first kappa shape index (κ1) is 32.3. The number of sulfonamides is 1. The van der Waals surface area contributed by atoms with Crippen molar-refractivity contribution in [2.45, 2.75) is 69.2 Å². The Labute approximate surface area is 254 Å². The Kier molecular flexibility index (Phi) is 10.1. The van der Waals surface area contributed by atoms with Crippen LogP contribution < -0.4 is 9.62 Å². The molecule has 0 heterocycles. The lowest BCUT2D eigenvalue weighted by atomic mass is 10.1. The number of rotatable bonds is 10. The van der Waals surface area contributed by atoms with Crippen molar-refractivity contribution in [3.05, 3.63) is 94.5 Å². The Morgan fingerprint density at radius 1 is 1.00 bits per heavy atom. The zero-order valence-electron chi connectivity index (χ0n) is 23.8. The van der Waals surface area contributed by atoms with Crippen molar-refractivity contribution in [1.82, 2.24) is 10.2 Å². The number of aryl methyl sites for hydroxylation is 1. The van der Waals surface area contributed by atoms with Gasteiger partial charge in [-0.3, -0.25) is 13.9 Å². The van der Waals surface area contributed by atoms with Gasteiger partial charge in [-0.05, 0) is 62.6 Å². The molecule has 1 atom stereocenters. The second-order valence-electron chi connectivity index (χ2n) is 10.7. The molecule has 43 heavy (non-hydrogen) atoms. The van der Waals surface area contributed by atoms with Gasteiger partial charge in [0.1, 0.15) is 12.6 Å². The molecule has 0 aromatic heterocycles. The number of amides is 2. The molecule has 3 aromatic rings. The number of carbonyl (C=O) groups is 2. The van der Waals surface area contributed by atoms with E-state index < -0.39 is 51.9 Å². The first-order chi connectivity index (χ1) is 20.3. The molecule has 2 amide bonds. The lowest BCUT2D eigenvalue weighted by Gasteiger charge is -2.33. The topological polar surface area (TPSA) is 86.8 Å². The number of nitrogens with one attached hydrogen (secondary N) is 1. The van der Waals surface area contributed by atoms with E-state index in [-0.39, 0.29) is 22.5 Å². The Morgan fingerprint density at radius 2 is 1.63 bits per heavy atom. The maximum atomic E-state index is 14.0. The number of halogens is 4. The van der Waals surface area contributed by atoms with Gasteiger partial charge in [0.25, 0.3) is 10.0 Å². The van der Waals surface area contributed by atoms with Gasteiger partial charge in [0.15, 0.2) is 0 Å². The lowest BCUT2D eigenvalue weighted by molar-refractivity contribution is -0.139. The summed E-state index contributed by atoms with van der Waals surface area (Å²) >= 11 is 6.29. The van der Waals surface area contributed by atoms with E-state index in [2.05, 4.69) is 5.32 Å². The van der Waals surface area contributed by atoms with E-state index in [1.807, 2.05) is 19.1 Å². The van der Waals surface area contributed by atoms with Crippen LogP contribution >= 0.6 is 11.6 Å². The molecule has 12 heteroatoms. The molecule has 0 spiro atoms. The third-order valence-electron chi connectivity index (χ3n) is 7.49. The summed E-state index contributed by atoms with van der Waals surface area (Å²) in [5, 5.41) is 2.68. The number of benzene rings is 3. The second-order valence-corrected chi connectivity index (χ2v) is 12.9. The Hall–Kier alpha value is -3.57. The minimum atomic E-state index is -4.80. The Bertz CT molecular complexity index is 1540. The van der Waals surface area contributed by atoms with E-state index in [4.69, 9.17) is 11.6 Å². The molecule has 0 bridgehead atoms. The van der Waals surface area contributed by atoms with Gasteiger partial charge in [-0.15, -0.1) is 0 Å². The van der Waals surface area contributed by atoms with E-state index in [1.165, 1.54) is 29.2 Å². The summed E-state index contributed by atoms with van der Waals surface area (Å²) in [7, 11) is -4.58. The molecule has 1 N–H and O–H groups in total. The van der Waals surface area contributed by atoms with E-state index in [9.17, 15) is 31.2 Å². The van der Waals surface area contributed by atoms with Crippen LogP contribution in [0.15, 0.2) is 77.7 Å². The molecule has 1 aliphatic carbocycles. The molecule has 0 radical (unpaired) electrons. The molecule has 7 nitrogen and oxygen atoms in total. The maximum Gasteiger partial charge on any atom is 0.416 e. The van der Waals surface area contributed by atoms with Gasteiger partial charge in [-0.2, -0.15) is 13.2 Å². The Morgan fingerprint density at radius 3 is 2.23 bits per heavy atom. The molecular formula is C31H33ClF3N3O4S. The summed E-state index contributed by atoms with van der Waals surface area (Å²) in [4.78, 5) is 28.3. The highest BCUT2D eigenvalue weighted by atomic mass is 35.5. The van der Waals surface area contributed by atoms with Crippen LogP contribution in [0.1, 0.15) is 49.3 Å². The van der Waals surface area contributed by atoms with Gasteiger partial charge in [-0.25, -0.2) is 8.42 Å². The fraction of sp³-hybridized carbons (Fsp3) is 0.355. The molecule has 230 valence electrons. The lowest BCUT2D eigenvalue weighted by Crippen LogP contribution is -2.52. The smallest absolute Gasteiger partial charge is 0.352 e. The van der Waals surface area contributed by atoms with Gasteiger partial charge in [-0.1, -0.05) is 72.5 Å². The third-order valence-corrected chi connectivity index (χ3v) is 9.59. The monoisotopic (exact) mass is 635 g/mol. The number of hydrogen-bond donors (Lipinski definition) is 1. The summed E-state index contributed by atoms with van der Waals surface area (Å²) in [5.41, 5.74) is 0.0301. The summed E-state index contributed by atoms with van der Waals surface area (Å²) in [6, 6.07) is 15.6. The van der Waals surface area contributed by atoms with Crippen LogP contribution in [0.5, 0.6) is 0 Å². The highest BCUT2D eigenvalue weighted by Crippen LogP contribution is 2.37. The molecule has 0 saturated heterocycles. The fourth-order valence-electron chi connectivity index (χ4n) is 4.98. The van der Waals surface area contributed by atoms with Crippen molar-refractivity contribution >= 4 is 39.1 Å². The van der Waals surface area contributed by atoms with Gasteiger partial charge in [0.2, 0.25) is 11.8 Å². The van der Waals surface area contributed by atoms with Crippen molar-refractivity contribution < 1.29 is 31.2 Å². The Balaban J connectivity index is 1.75. The van der Waals surface area contributed by atoms with Crippen LogP contribution in [0.4, 0.5) is 18.9 Å². The highest BCUT2D eigenvalue weighted by Gasteiger charge is 2.36. The van der Waals surface area contributed by atoms with E-state index in [1.54, 1.807) is 25.1 Å². The van der Waals surface area contributed by atoms with Gasteiger partial charge in [0.05, 0.1) is 21.2 Å². The normalized spacial score (nSPS) is 14.7. The van der Waals surface area contributed by atoms with Crippen LogP contribution in [0.25, 0.3) is 0 Å². The standard InChI is InChI=1S/C31H33ClF3N3O4S/c1-21-12-14-23(15-13-21)19-37(22(2)30(40)36-25-8-6-7-9-25)29(39)20-38(43(41,42)26-10-4-3-5-11-26)28-18-24(31(33,34)35)16-17-27(28)32/h3-5,10-18,22,25H,6-9,19-20H2,1-2H3,(H,36,40)/t22-/m1/s1. The van der Waals surface area contributed by atoms with Crippen LogP contribution in [-0.2, 0) is 32.3 Å². The van der Waals surface area contributed by atoms with Gasteiger partial charge >= 0.3 is 6.18 Å². The van der Waals surface area contributed by atoms with E-state index >= 15 is 0 Å². The average Bonchev–Trinajstić information content (AvgIpc) is 3.48. The van der Waals surface area contributed by atoms with Crippen molar-refractivity contribution in [1.29, 1.82) is 0 Å². The number of anilines is 1. The molecule has 0 unspecified atom stereocenters. The predicted octanol–water partition coefficient (Wildman–Crippen LogP) is 6.34. The third kappa shape index (κ3) is 7.88. The molecule has 1 saturated carbocycles. The number of hydrogen-bond acceptors (Lipinski definition) is 4. The summed E-state index contributed by atoms with van der Waals surface area (Å²) in [5.74, 6) is -1.19. The number of nitrogens with zero attached hydrogens (tertiary/aromatic N) is 2. The fourth-order valence-corrected chi connectivity index (χ4v) is 6.69. The SMILES string of the molecule is Cc1ccc(CN(C(=O)CN(c2cc(C(F)(F)F)ccc2Cl)S(=O)(=O)c2ccccc2)[C@H](C)C(=O)NC2CCCC2)cc1. The zero-order valence-corrected chi connectivity index (χ0v) is 25.3. The van der Waals surface area contributed by atoms with Crippen LogP contribution in [0.2, 0.25) is 5.02 Å². The zero-order chi connectivity index (χ0) is 31.4. The average molecular weight is 636 g/mol. The number of alkyl halides is 3. The van der Waals surface area contributed by atoms with E-state index in [0.717, 1.165) is 43.4 Å². The molecule has 4 rings (SSSR count). The van der Waals surface area contributed by atoms with E-state index in [0.29, 0.717) is 15.9 Å². The van der Waals surface area contributed by atoms with Crippen LogP contribution in [0, 0.1) is 6.92 Å².